The van der Waals surface area contributed by atoms with Gasteiger partial charge in [-0.1, -0.05) is 128 Å². The molecule has 0 aliphatic carbocycles. The molecule has 0 N–H and O–H groups in total. The summed E-state index contributed by atoms with van der Waals surface area (Å²) in [4.78, 5) is 34.9. The van der Waals surface area contributed by atoms with Gasteiger partial charge in [-0.2, -0.15) is 0 Å². The van der Waals surface area contributed by atoms with E-state index in [-0.39, 0.29) is 24.0 Å². The maximum Gasteiger partial charge on any atom is 0.330 e. The zero-order valence-corrected chi connectivity index (χ0v) is 49.6. The van der Waals surface area contributed by atoms with Gasteiger partial charge >= 0.3 is 17.9 Å². The van der Waals surface area contributed by atoms with Gasteiger partial charge in [0, 0.05) is 38.0 Å². The lowest BCUT2D eigenvalue weighted by molar-refractivity contribution is -0.138. The molecule has 12 nitrogen and oxygen atoms in total. The Bertz CT molecular complexity index is 2720. The molecule has 0 saturated heterocycles. The van der Waals surface area contributed by atoms with Crippen LogP contribution in [-0.4, -0.2) is 96.7 Å². The smallest absolute Gasteiger partial charge is 0.330 e. The summed E-state index contributed by atoms with van der Waals surface area (Å²) in [6.45, 7) is 11.5. The lowest BCUT2D eigenvalue weighted by Gasteiger charge is -2.18. The summed E-state index contributed by atoms with van der Waals surface area (Å²) < 4.78 is 51.8. The minimum atomic E-state index is -0.343. The summed E-state index contributed by atoms with van der Waals surface area (Å²) in [5.41, 5.74) is 9.38. The molecule has 0 heterocycles. The Balaban J connectivity index is 0.835. The molecule has 0 bridgehead atoms. The van der Waals surface area contributed by atoms with Crippen molar-refractivity contribution in [3.63, 3.8) is 0 Å². The highest BCUT2D eigenvalue weighted by molar-refractivity contribution is 5.88. The standard InChI is InChI=1S/C72H86O12/c1-4-78-70(73)46-25-57-19-28-60(29-20-57)63-34-40-66(41-35-63)81-51-15-9-7-13-49-76-55-69(84-54-18-12-11-17-53-83-68-44-38-65(39-45-68)62-32-23-59(24-33-62)27-48-72(75)80-6-3)56-77-50-14-8-10-16-52-82-67-42-36-64(37-43-67)61-30-21-58(22-31-61)26-47-71(74)79-5-2/h19-48,69H,4-18,49-56H2,1-3H3/b46-25+,47-26+,48-27+. The van der Waals surface area contributed by atoms with E-state index in [9.17, 15) is 14.4 Å². The molecular weight excluding hydrogens is 1060 g/mol. The van der Waals surface area contributed by atoms with E-state index in [1.54, 1.807) is 39.0 Å². The second-order valence-electron chi connectivity index (χ2n) is 20.1. The van der Waals surface area contributed by atoms with E-state index >= 15 is 0 Å². The van der Waals surface area contributed by atoms with Crippen LogP contribution >= 0.6 is 0 Å². The van der Waals surface area contributed by atoms with Gasteiger partial charge in [0.2, 0.25) is 0 Å². The van der Waals surface area contributed by atoms with Crippen LogP contribution in [0.5, 0.6) is 17.2 Å². The minimum Gasteiger partial charge on any atom is -0.494 e. The van der Waals surface area contributed by atoms with E-state index < -0.39 is 0 Å². The van der Waals surface area contributed by atoms with Gasteiger partial charge in [-0.3, -0.25) is 0 Å². The molecule has 0 saturated carbocycles. The van der Waals surface area contributed by atoms with Crippen molar-refractivity contribution in [3.8, 4) is 50.6 Å². The molecule has 0 unspecified atom stereocenters. The number of esters is 3. The number of benzene rings is 6. The minimum absolute atomic E-state index is 0.124. The fourth-order valence-electron chi connectivity index (χ4n) is 8.93. The Hall–Kier alpha value is -7.77. The molecule has 84 heavy (non-hydrogen) atoms. The molecule has 12 heteroatoms. The Morgan fingerprint density at radius 3 is 0.845 bits per heavy atom. The fourth-order valence-corrected chi connectivity index (χ4v) is 8.93. The first-order chi connectivity index (χ1) is 41.3. The topological polar surface area (TPSA) is 134 Å². The second kappa shape index (κ2) is 39.7. The number of unbranched alkanes of at least 4 members (excludes halogenated alkanes) is 9. The highest BCUT2D eigenvalue weighted by Gasteiger charge is 2.11. The van der Waals surface area contributed by atoms with Crippen molar-refractivity contribution < 1.29 is 57.0 Å². The fraction of sp³-hybridized carbons (Fsp3) is 0.375. The molecule has 6 rings (SSSR count). The van der Waals surface area contributed by atoms with Crippen LogP contribution in [0.15, 0.2) is 164 Å². The van der Waals surface area contributed by atoms with Gasteiger partial charge in [-0.25, -0.2) is 14.4 Å². The molecule has 0 radical (unpaired) electrons. The van der Waals surface area contributed by atoms with Crippen LogP contribution < -0.4 is 14.2 Å². The maximum atomic E-state index is 11.6. The third kappa shape index (κ3) is 26.2. The Kier molecular flexibility index (Phi) is 30.9. The molecule has 0 amide bonds. The summed E-state index contributed by atoms with van der Waals surface area (Å²) in [6, 6.07) is 48.7. The lowest BCUT2D eigenvalue weighted by Crippen LogP contribution is -2.27. The number of carbonyl (C=O) groups excluding carboxylic acids is 3. The molecule has 0 fully saturated rings. The van der Waals surface area contributed by atoms with Crippen molar-refractivity contribution in [2.75, 3.05) is 72.7 Å². The van der Waals surface area contributed by atoms with E-state index in [0.29, 0.717) is 72.7 Å². The average molecular weight is 1140 g/mol. The van der Waals surface area contributed by atoms with Crippen LogP contribution in [-0.2, 0) is 42.8 Å². The first-order valence-corrected chi connectivity index (χ1v) is 30.1. The van der Waals surface area contributed by atoms with E-state index in [4.69, 9.17) is 42.6 Å². The van der Waals surface area contributed by atoms with Crippen molar-refractivity contribution in [1.82, 2.24) is 0 Å². The number of ether oxygens (including phenoxy) is 9. The third-order valence-electron chi connectivity index (χ3n) is 13.6. The Morgan fingerprint density at radius 2 is 0.571 bits per heavy atom. The predicted octanol–water partition coefficient (Wildman–Crippen LogP) is 16.1. The van der Waals surface area contributed by atoms with E-state index in [0.717, 1.165) is 144 Å². The van der Waals surface area contributed by atoms with E-state index in [1.165, 1.54) is 18.2 Å². The van der Waals surface area contributed by atoms with Crippen molar-refractivity contribution in [3.05, 3.63) is 181 Å². The lowest BCUT2D eigenvalue weighted by atomic mass is 10.0. The average Bonchev–Trinajstić information content (AvgIpc) is 3.73. The number of hydrogen-bond acceptors (Lipinski definition) is 12. The molecule has 0 aliphatic rings. The number of rotatable bonds is 41. The van der Waals surface area contributed by atoms with E-state index in [1.807, 2.05) is 109 Å². The van der Waals surface area contributed by atoms with Gasteiger partial charge in [0.1, 0.15) is 23.4 Å². The summed E-state index contributed by atoms with van der Waals surface area (Å²) >= 11 is 0. The van der Waals surface area contributed by atoms with Crippen molar-refractivity contribution in [2.24, 2.45) is 0 Å². The van der Waals surface area contributed by atoms with Crippen molar-refractivity contribution in [1.29, 1.82) is 0 Å². The highest BCUT2D eigenvalue weighted by atomic mass is 16.6. The molecule has 6 aromatic rings. The zero-order valence-electron chi connectivity index (χ0n) is 49.6. The summed E-state index contributed by atoms with van der Waals surface area (Å²) in [5.74, 6) is 1.54. The van der Waals surface area contributed by atoms with Crippen LogP contribution in [0.3, 0.4) is 0 Å². The molecular formula is C72H86O12. The second-order valence-corrected chi connectivity index (χ2v) is 20.1. The number of carbonyl (C=O) groups is 3. The van der Waals surface area contributed by atoms with Crippen LogP contribution in [0.25, 0.3) is 51.6 Å². The number of hydrogen-bond donors (Lipinski definition) is 0. The van der Waals surface area contributed by atoms with Crippen molar-refractivity contribution in [2.45, 2.75) is 104 Å². The quantitative estimate of drug-likeness (QED) is 0.0157. The molecule has 0 aliphatic heterocycles. The summed E-state index contributed by atoms with van der Waals surface area (Å²) in [5, 5.41) is 0. The summed E-state index contributed by atoms with van der Waals surface area (Å²) in [7, 11) is 0. The van der Waals surface area contributed by atoms with Gasteiger partial charge < -0.3 is 42.6 Å². The maximum absolute atomic E-state index is 11.6. The van der Waals surface area contributed by atoms with E-state index in [2.05, 4.69) is 36.4 Å². The Labute approximate surface area is 498 Å². The predicted molar refractivity (Wildman–Crippen MR) is 336 cm³/mol. The summed E-state index contributed by atoms with van der Waals surface area (Å²) in [6.07, 6.45) is 21.6. The van der Waals surface area contributed by atoms with Gasteiger partial charge in [0.25, 0.3) is 0 Å². The van der Waals surface area contributed by atoms with Crippen molar-refractivity contribution >= 4 is 36.1 Å². The monoisotopic (exact) mass is 1140 g/mol. The molecule has 0 aromatic heterocycles. The van der Waals surface area contributed by atoms with Gasteiger partial charge in [-0.05, 0) is 183 Å². The molecule has 0 spiro atoms. The molecule has 0 atom stereocenters. The zero-order chi connectivity index (χ0) is 59.1. The first-order valence-electron chi connectivity index (χ1n) is 30.1. The van der Waals surface area contributed by atoms with Gasteiger partial charge in [-0.15, -0.1) is 0 Å². The van der Waals surface area contributed by atoms with Crippen LogP contribution in [0.4, 0.5) is 0 Å². The largest absolute Gasteiger partial charge is 0.494 e. The van der Waals surface area contributed by atoms with Crippen LogP contribution in [0.2, 0.25) is 0 Å². The molecule has 446 valence electrons. The first kappa shape index (κ1) is 65.4. The van der Waals surface area contributed by atoms with Crippen LogP contribution in [0.1, 0.15) is 115 Å². The van der Waals surface area contributed by atoms with Crippen LogP contribution in [0, 0.1) is 0 Å². The Morgan fingerprint density at radius 1 is 0.321 bits per heavy atom. The molecule has 6 aromatic carbocycles. The van der Waals surface area contributed by atoms with Gasteiger partial charge in [0.05, 0.1) is 52.9 Å². The normalized spacial score (nSPS) is 11.4. The highest BCUT2D eigenvalue weighted by Crippen LogP contribution is 2.27. The SMILES string of the molecule is CCOC(=O)/C=C/c1ccc(-c2ccc(OCCCCCCOCC(COCCCCCCOc3ccc(-c4ccc(/C=C/C(=O)OCC)cc4)cc3)OCCCCCCOc3ccc(-c4ccc(/C=C/C(=O)OCC)cc4)cc3)cc2)cc1. The van der Waals surface area contributed by atoms with Gasteiger partial charge in [0.15, 0.2) is 0 Å². The third-order valence-corrected chi connectivity index (χ3v) is 13.6.